The van der Waals surface area contributed by atoms with Gasteiger partial charge in [0.15, 0.2) is 0 Å². The van der Waals surface area contributed by atoms with E-state index in [4.69, 9.17) is 0 Å². The Morgan fingerprint density at radius 1 is 1.67 bits per heavy atom. The summed E-state index contributed by atoms with van der Waals surface area (Å²) in [4.78, 5) is 13.2. The Bertz CT molecular complexity index is 189. The van der Waals surface area contributed by atoms with Crippen molar-refractivity contribution < 1.29 is 4.79 Å². The molecule has 0 bridgehead atoms. The second kappa shape index (κ2) is 3.05. The Labute approximate surface area is 74.1 Å². The Balaban J connectivity index is 2.73. The fraction of sp³-hybridized carbons (Fsp3) is 0.889. The first-order chi connectivity index (χ1) is 5.50. The van der Waals surface area contributed by atoms with Gasteiger partial charge in [0.2, 0.25) is 5.91 Å². The molecule has 1 heterocycles. The number of carbonyl (C=O) groups is 1. The topological polar surface area (TPSA) is 32.3 Å². The minimum atomic E-state index is 0.0140. The van der Waals surface area contributed by atoms with E-state index in [-0.39, 0.29) is 11.4 Å². The fourth-order valence-electron chi connectivity index (χ4n) is 1.76. The van der Waals surface area contributed by atoms with E-state index in [9.17, 15) is 4.79 Å². The van der Waals surface area contributed by atoms with Crippen molar-refractivity contribution in [2.45, 2.75) is 25.8 Å². The summed E-state index contributed by atoms with van der Waals surface area (Å²) >= 11 is 0. The van der Waals surface area contributed by atoms with Gasteiger partial charge in [-0.05, 0) is 20.9 Å². The van der Waals surface area contributed by atoms with E-state index in [0.29, 0.717) is 12.3 Å². The molecule has 1 atom stereocenters. The number of hydrogen-bond acceptors (Lipinski definition) is 2. The van der Waals surface area contributed by atoms with Crippen molar-refractivity contribution in [2.24, 2.45) is 5.92 Å². The zero-order valence-corrected chi connectivity index (χ0v) is 8.35. The van der Waals surface area contributed by atoms with E-state index >= 15 is 0 Å². The van der Waals surface area contributed by atoms with Gasteiger partial charge in [0.1, 0.15) is 0 Å². The molecule has 1 fully saturated rings. The van der Waals surface area contributed by atoms with Crippen LogP contribution < -0.4 is 5.32 Å². The molecule has 3 heteroatoms. The Hall–Kier alpha value is -0.570. The van der Waals surface area contributed by atoms with Crippen molar-refractivity contribution in [3.8, 4) is 0 Å². The Morgan fingerprint density at radius 3 is 2.58 bits per heavy atom. The highest BCUT2D eigenvalue weighted by Gasteiger charge is 2.43. The third-order valence-corrected chi connectivity index (χ3v) is 3.11. The zero-order valence-electron chi connectivity index (χ0n) is 8.35. The van der Waals surface area contributed by atoms with Crippen LogP contribution in [0.4, 0.5) is 0 Å². The molecule has 3 nitrogen and oxygen atoms in total. The van der Waals surface area contributed by atoms with Crippen LogP contribution in [0.15, 0.2) is 0 Å². The normalized spacial score (nSPS) is 28.2. The fourth-order valence-corrected chi connectivity index (χ4v) is 1.76. The molecule has 1 saturated heterocycles. The van der Waals surface area contributed by atoms with Gasteiger partial charge in [0.05, 0.1) is 0 Å². The van der Waals surface area contributed by atoms with Crippen LogP contribution >= 0.6 is 0 Å². The molecule has 70 valence electrons. The largest absolute Gasteiger partial charge is 0.340 e. The van der Waals surface area contributed by atoms with Gasteiger partial charge in [-0.25, -0.2) is 0 Å². The van der Waals surface area contributed by atoms with Gasteiger partial charge in [-0.15, -0.1) is 0 Å². The van der Waals surface area contributed by atoms with Gasteiger partial charge in [0.25, 0.3) is 0 Å². The molecule has 0 aromatic heterocycles. The molecule has 1 aliphatic heterocycles. The van der Waals surface area contributed by atoms with Crippen LogP contribution in [0.3, 0.4) is 0 Å². The molecular formula is C9H18N2O. The average molecular weight is 170 g/mol. The van der Waals surface area contributed by atoms with Crippen molar-refractivity contribution in [1.82, 2.24) is 10.2 Å². The van der Waals surface area contributed by atoms with Crippen LogP contribution in [-0.2, 0) is 4.79 Å². The Morgan fingerprint density at radius 2 is 2.25 bits per heavy atom. The van der Waals surface area contributed by atoms with E-state index in [0.717, 1.165) is 6.54 Å². The maximum absolute atomic E-state index is 11.4. The minimum absolute atomic E-state index is 0.0140. The monoisotopic (exact) mass is 170 g/mol. The van der Waals surface area contributed by atoms with Gasteiger partial charge in [-0.2, -0.15) is 0 Å². The predicted octanol–water partition coefficient (Wildman–Crippen LogP) is 0.463. The first-order valence-electron chi connectivity index (χ1n) is 4.41. The highest BCUT2D eigenvalue weighted by Crippen LogP contribution is 2.33. The lowest BCUT2D eigenvalue weighted by Crippen LogP contribution is -2.43. The van der Waals surface area contributed by atoms with E-state index < -0.39 is 0 Å². The Kier molecular flexibility index (Phi) is 2.42. The van der Waals surface area contributed by atoms with Crippen LogP contribution in [0, 0.1) is 5.92 Å². The van der Waals surface area contributed by atoms with Crippen LogP contribution in [0.1, 0.15) is 20.3 Å². The quantitative estimate of drug-likeness (QED) is 0.653. The molecular weight excluding hydrogens is 152 g/mol. The third kappa shape index (κ3) is 1.33. The molecule has 0 radical (unpaired) electrons. The van der Waals surface area contributed by atoms with Crippen molar-refractivity contribution in [3.63, 3.8) is 0 Å². The summed E-state index contributed by atoms with van der Waals surface area (Å²) in [6.45, 7) is 5.17. The molecule has 1 aliphatic rings. The summed E-state index contributed by atoms with van der Waals surface area (Å²) in [5, 5.41) is 3.13. The molecule has 0 aromatic carbocycles. The summed E-state index contributed by atoms with van der Waals surface area (Å²) < 4.78 is 0. The van der Waals surface area contributed by atoms with Gasteiger partial charge >= 0.3 is 0 Å². The predicted molar refractivity (Wildman–Crippen MR) is 48.9 cm³/mol. The molecule has 0 saturated carbocycles. The molecule has 0 aliphatic carbocycles. The second-order valence-corrected chi connectivity index (χ2v) is 4.07. The standard InChI is InChI=1S/C9H18N2O/c1-9(2)7(6-10-3)5-8(12)11(9)4/h7,10H,5-6H2,1-4H3. The number of nitrogens with zero attached hydrogens (tertiary/aromatic N) is 1. The summed E-state index contributed by atoms with van der Waals surface area (Å²) in [5.41, 5.74) is 0.0140. The van der Waals surface area contributed by atoms with E-state index in [1.54, 1.807) is 0 Å². The summed E-state index contributed by atoms with van der Waals surface area (Å²) in [7, 11) is 3.82. The van der Waals surface area contributed by atoms with Gasteiger partial charge < -0.3 is 10.2 Å². The van der Waals surface area contributed by atoms with Gasteiger partial charge in [-0.1, -0.05) is 0 Å². The van der Waals surface area contributed by atoms with E-state index in [2.05, 4.69) is 19.2 Å². The summed E-state index contributed by atoms with van der Waals surface area (Å²) in [5.74, 6) is 0.709. The highest BCUT2D eigenvalue weighted by atomic mass is 16.2. The van der Waals surface area contributed by atoms with Crippen LogP contribution in [0.25, 0.3) is 0 Å². The number of rotatable bonds is 2. The number of carbonyl (C=O) groups excluding carboxylic acids is 1. The van der Waals surface area contributed by atoms with Crippen LogP contribution in [-0.4, -0.2) is 37.0 Å². The number of likely N-dealkylation sites (tertiary alicyclic amines) is 1. The smallest absolute Gasteiger partial charge is 0.223 e. The van der Waals surface area contributed by atoms with Crippen molar-refractivity contribution >= 4 is 5.91 Å². The average Bonchev–Trinajstić information content (AvgIpc) is 2.17. The third-order valence-electron chi connectivity index (χ3n) is 3.11. The second-order valence-electron chi connectivity index (χ2n) is 4.07. The number of amides is 1. The molecule has 1 unspecified atom stereocenters. The zero-order chi connectivity index (χ0) is 9.35. The molecule has 0 spiro atoms. The maximum Gasteiger partial charge on any atom is 0.223 e. The van der Waals surface area contributed by atoms with Crippen LogP contribution in [0.5, 0.6) is 0 Å². The molecule has 1 rings (SSSR count). The molecule has 0 aromatic rings. The van der Waals surface area contributed by atoms with Crippen molar-refractivity contribution in [1.29, 1.82) is 0 Å². The first kappa shape index (κ1) is 9.52. The van der Waals surface area contributed by atoms with Crippen molar-refractivity contribution in [2.75, 3.05) is 20.6 Å². The van der Waals surface area contributed by atoms with Crippen molar-refractivity contribution in [3.05, 3.63) is 0 Å². The molecule has 1 amide bonds. The van der Waals surface area contributed by atoms with E-state index in [1.807, 2.05) is 19.0 Å². The van der Waals surface area contributed by atoms with E-state index in [1.165, 1.54) is 0 Å². The van der Waals surface area contributed by atoms with Gasteiger partial charge in [0, 0.05) is 31.5 Å². The first-order valence-corrected chi connectivity index (χ1v) is 4.41. The van der Waals surface area contributed by atoms with Crippen LogP contribution in [0.2, 0.25) is 0 Å². The number of nitrogens with one attached hydrogen (secondary N) is 1. The highest BCUT2D eigenvalue weighted by molar-refractivity contribution is 5.79. The lowest BCUT2D eigenvalue weighted by molar-refractivity contribution is -0.128. The number of hydrogen-bond donors (Lipinski definition) is 1. The lowest BCUT2D eigenvalue weighted by atomic mass is 9.88. The molecule has 12 heavy (non-hydrogen) atoms. The minimum Gasteiger partial charge on any atom is -0.340 e. The maximum atomic E-state index is 11.4. The lowest BCUT2D eigenvalue weighted by Gasteiger charge is -2.33. The molecule has 1 N–H and O–H groups in total. The van der Waals surface area contributed by atoms with Gasteiger partial charge in [-0.3, -0.25) is 4.79 Å². The summed E-state index contributed by atoms with van der Waals surface area (Å²) in [6.07, 6.45) is 0.685. The summed E-state index contributed by atoms with van der Waals surface area (Å²) in [6, 6.07) is 0. The SMILES string of the molecule is CNCC1CC(=O)N(C)C1(C)C.